The van der Waals surface area contributed by atoms with Crippen LogP contribution in [0.1, 0.15) is 45.9 Å². The normalized spacial score (nSPS) is 14.8. The lowest BCUT2D eigenvalue weighted by Gasteiger charge is -2.24. The molecule has 160 valence electrons. The zero-order valence-corrected chi connectivity index (χ0v) is 17.6. The van der Waals surface area contributed by atoms with Crippen LogP contribution in [0.25, 0.3) is 0 Å². The number of furan rings is 1. The number of hydrogen-bond acceptors (Lipinski definition) is 5. The highest BCUT2D eigenvalue weighted by Crippen LogP contribution is 2.33. The number of carbonyl (C=O) groups excluding carboxylic acids is 2. The standard InChI is InChI=1S/C24H25N3O4/c1-3-30-19-10-8-17(9-11-19)23(28)25-26-24(29)20-12-13-31-22(20)15-27-16(2)14-18-6-4-5-7-21(18)27/h4-13,16H,3,14-15H2,1-2H3,(H,25,28)(H,26,29). The van der Waals surface area contributed by atoms with Crippen LogP contribution in [0.5, 0.6) is 5.75 Å². The highest BCUT2D eigenvalue weighted by atomic mass is 16.5. The molecule has 7 heteroatoms. The van der Waals surface area contributed by atoms with E-state index in [1.807, 2.05) is 19.1 Å². The molecule has 0 bridgehead atoms. The summed E-state index contributed by atoms with van der Waals surface area (Å²) >= 11 is 0. The first-order valence-corrected chi connectivity index (χ1v) is 10.3. The number of fused-ring (bicyclic) bond motifs is 1. The summed E-state index contributed by atoms with van der Waals surface area (Å²) in [6.07, 6.45) is 2.45. The van der Waals surface area contributed by atoms with Crippen molar-refractivity contribution in [3.63, 3.8) is 0 Å². The average Bonchev–Trinajstić information content (AvgIpc) is 3.37. The Morgan fingerprint density at radius 3 is 2.58 bits per heavy atom. The third kappa shape index (κ3) is 4.40. The van der Waals surface area contributed by atoms with E-state index in [2.05, 4.69) is 34.8 Å². The largest absolute Gasteiger partial charge is 0.494 e. The van der Waals surface area contributed by atoms with E-state index in [0.29, 0.717) is 41.8 Å². The predicted octanol–water partition coefficient (Wildman–Crippen LogP) is 3.70. The fourth-order valence-corrected chi connectivity index (χ4v) is 3.81. The quantitative estimate of drug-likeness (QED) is 0.595. The first-order valence-electron chi connectivity index (χ1n) is 10.3. The van der Waals surface area contributed by atoms with E-state index in [-0.39, 0.29) is 0 Å². The molecule has 1 aromatic heterocycles. The van der Waals surface area contributed by atoms with Gasteiger partial charge in [0.1, 0.15) is 11.5 Å². The maximum Gasteiger partial charge on any atom is 0.273 e. The molecule has 0 saturated carbocycles. The molecular weight excluding hydrogens is 394 g/mol. The Balaban J connectivity index is 1.39. The van der Waals surface area contributed by atoms with E-state index in [1.165, 1.54) is 11.8 Å². The molecule has 7 nitrogen and oxygen atoms in total. The Bertz CT molecular complexity index is 1070. The van der Waals surface area contributed by atoms with Crippen LogP contribution in [-0.4, -0.2) is 24.5 Å². The van der Waals surface area contributed by atoms with Crippen LogP contribution in [0, 0.1) is 0 Å². The Hall–Kier alpha value is -3.74. The first kappa shape index (κ1) is 20.5. The van der Waals surface area contributed by atoms with Crippen molar-refractivity contribution in [3.8, 4) is 5.75 Å². The summed E-state index contributed by atoms with van der Waals surface area (Å²) in [5, 5.41) is 0. The van der Waals surface area contributed by atoms with Crippen molar-refractivity contribution in [2.75, 3.05) is 11.5 Å². The molecule has 1 unspecified atom stereocenters. The molecule has 2 N–H and O–H groups in total. The van der Waals surface area contributed by atoms with E-state index < -0.39 is 11.8 Å². The number of hydrogen-bond donors (Lipinski definition) is 2. The van der Waals surface area contributed by atoms with Crippen LogP contribution in [0.4, 0.5) is 5.69 Å². The van der Waals surface area contributed by atoms with Crippen molar-refractivity contribution in [3.05, 3.63) is 83.3 Å². The van der Waals surface area contributed by atoms with Gasteiger partial charge in [-0.25, -0.2) is 0 Å². The molecule has 0 radical (unpaired) electrons. The van der Waals surface area contributed by atoms with Gasteiger partial charge in [-0.2, -0.15) is 0 Å². The SMILES string of the molecule is CCOc1ccc(C(=O)NNC(=O)c2ccoc2CN2c3ccccc3CC2C)cc1. The summed E-state index contributed by atoms with van der Waals surface area (Å²) in [6.45, 7) is 5.07. The minimum Gasteiger partial charge on any atom is -0.494 e. The van der Waals surface area contributed by atoms with Gasteiger partial charge in [-0.15, -0.1) is 0 Å². The van der Waals surface area contributed by atoms with E-state index in [4.69, 9.17) is 9.15 Å². The van der Waals surface area contributed by atoms with Crippen LogP contribution in [0.3, 0.4) is 0 Å². The molecule has 0 fully saturated rings. The van der Waals surface area contributed by atoms with Crippen LogP contribution < -0.4 is 20.5 Å². The lowest BCUT2D eigenvalue weighted by atomic mass is 10.1. The van der Waals surface area contributed by atoms with Crippen LogP contribution in [0.2, 0.25) is 0 Å². The molecule has 2 aromatic carbocycles. The fourth-order valence-electron chi connectivity index (χ4n) is 3.81. The van der Waals surface area contributed by atoms with Crippen LogP contribution in [-0.2, 0) is 13.0 Å². The number of carbonyl (C=O) groups is 2. The van der Waals surface area contributed by atoms with Crippen molar-refractivity contribution in [1.29, 1.82) is 0 Å². The van der Waals surface area contributed by atoms with Gasteiger partial charge in [0.15, 0.2) is 0 Å². The van der Waals surface area contributed by atoms with Crippen molar-refractivity contribution in [1.82, 2.24) is 10.9 Å². The molecule has 1 aliphatic rings. The van der Waals surface area contributed by atoms with E-state index in [9.17, 15) is 9.59 Å². The van der Waals surface area contributed by atoms with E-state index >= 15 is 0 Å². The van der Waals surface area contributed by atoms with Gasteiger partial charge in [0.2, 0.25) is 0 Å². The van der Waals surface area contributed by atoms with Crippen LogP contribution in [0.15, 0.2) is 65.3 Å². The summed E-state index contributed by atoms with van der Waals surface area (Å²) in [5.41, 5.74) is 8.17. The number of benzene rings is 2. The maximum atomic E-state index is 12.7. The fraction of sp³-hybridized carbons (Fsp3) is 0.250. The van der Waals surface area contributed by atoms with Crippen LogP contribution >= 0.6 is 0 Å². The molecule has 1 aliphatic heterocycles. The molecule has 0 spiro atoms. The number of hydrazine groups is 1. The molecular formula is C24H25N3O4. The predicted molar refractivity (Wildman–Crippen MR) is 117 cm³/mol. The Labute approximate surface area is 181 Å². The van der Waals surface area contributed by atoms with Crippen molar-refractivity contribution in [2.45, 2.75) is 32.9 Å². The highest BCUT2D eigenvalue weighted by Gasteiger charge is 2.28. The van der Waals surface area contributed by atoms with Crippen molar-refractivity contribution >= 4 is 17.5 Å². The molecule has 0 saturated heterocycles. The average molecular weight is 419 g/mol. The Kier molecular flexibility index (Phi) is 5.93. The number of nitrogens with zero attached hydrogens (tertiary/aromatic N) is 1. The van der Waals surface area contributed by atoms with E-state index in [0.717, 1.165) is 12.1 Å². The second-order valence-electron chi connectivity index (χ2n) is 7.43. The maximum absolute atomic E-state index is 12.7. The molecule has 0 aliphatic carbocycles. The summed E-state index contributed by atoms with van der Waals surface area (Å²) < 4.78 is 11.0. The molecule has 2 amide bonds. The Morgan fingerprint density at radius 1 is 1.06 bits per heavy atom. The number of amides is 2. The molecule has 3 aromatic rings. The summed E-state index contributed by atoms with van der Waals surface area (Å²) in [4.78, 5) is 27.2. The topological polar surface area (TPSA) is 83.8 Å². The number of ether oxygens (including phenoxy) is 1. The molecule has 1 atom stereocenters. The van der Waals surface area contributed by atoms with E-state index in [1.54, 1.807) is 30.3 Å². The lowest BCUT2D eigenvalue weighted by Crippen LogP contribution is -2.42. The lowest BCUT2D eigenvalue weighted by molar-refractivity contribution is 0.0845. The third-order valence-corrected chi connectivity index (χ3v) is 5.37. The van der Waals surface area contributed by atoms with Gasteiger partial charge in [0.25, 0.3) is 11.8 Å². The first-order chi connectivity index (χ1) is 15.1. The molecule has 31 heavy (non-hydrogen) atoms. The number of nitrogens with one attached hydrogen (secondary N) is 2. The Morgan fingerprint density at radius 2 is 1.81 bits per heavy atom. The van der Waals surface area contributed by atoms with Gasteiger partial charge >= 0.3 is 0 Å². The van der Waals surface area contributed by atoms with Gasteiger partial charge < -0.3 is 14.1 Å². The van der Waals surface area contributed by atoms with Gasteiger partial charge in [-0.1, -0.05) is 18.2 Å². The number of rotatable bonds is 6. The van der Waals surface area contributed by atoms with Crippen molar-refractivity contribution < 1.29 is 18.7 Å². The van der Waals surface area contributed by atoms with Crippen molar-refractivity contribution in [2.24, 2.45) is 0 Å². The third-order valence-electron chi connectivity index (χ3n) is 5.37. The zero-order valence-electron chi connectivity index (χ0n) is 17.6. The van der Waals surface area contributed by atoms with Gasteiger partial charge in [0, 0.05) is 17.3 Å². The number of anilines is 1. The zero-order chi connectivity index (χ0) is 21.8. The monoisotopic (exact) mass is 419 g/mol. The molecule has 4 rings (SSSR count). The summed E-state index contributed by atoms with van der Waals surface area (Å²) in [7, 11) is 0. The smallest absolute Gasteiger partial charge is 0.273 e. The highest BCUT2D eigenvalue weighted by molar-refractivity contribution is 5.99. The second-order valence-corrected chi connectivity index (χ2v) is 7.43. The summed E-state index contributed by atoms with van der Waals surface area (Å²) in [6, 6.07) is 16.9. The summed E-state index contributed by atoms with van der Waals surface area (Å²) in [5.74, 6) is 0.395. The molecule has 2 heterocycles. The van der Waals surface area contributed by atoms with Gasteiger partial charge in [-0.3, -0.25) is 20.4 Å². The minimum atomic E-state index is -0.428. The minimum absolute atomic E-state index is 0.303. The number of para-hydroxylation sites is 1. The van der Waals surface area contributed by atoms with Gasteiger partial charge in [-0.05, 0) is 62.2 Å². The van der Waals surface area contributed by atoms with Gasteiger partial charge in [0.05, 0.1) is 25.0 Å². The second kappa shape index (κ2) is 8.95.